The molecule has 3 aromatic rings. The highest BCUT2D eigenvalue weighted by Gasteiger charge is 2.77. The predicted molar refractivity (Wildman–Crippen MR) is 205 cm³/mol. The van der Waals surface area contributed by atoms with E-state index in [1.165, 1.54) is 0 Å². The number of ether oxygens (including phenoxy) is 2. The molecule has 288 valence electrons. The Hall–Kier alpha value is -4.40. The number of esters is 1. The van der Waals surface area contributed by atoms with Gasteiger partial charge in [0.2, 0.25) is 17.7 Å². The van der Waals surface area contributed by atoms with Crippen molar-refractivity contribution in [2.45, 2.75) is 86.8 Å². The van der Waals surface area contributed by atoms with E-state index in [9.17, 15) is 24.3 Å². The van der Waals surface area contributed by atoms with E-state index in [4.69, 9.17) is 9.47 Å². The van der Waals surface area contributed by atoms with Gasteiger partial charge < -0.3 is 29.3 Å². The number of likely N-dealkylation sites (tertiary alicyclic amines) is 1. The number of amides is 3. The third kappa shape index (κ3) is 7.35. The number of aliphatic hydroxyl groups is 1. The van der Waals surface area contributed by atoms with Gasteiger partial charge in [0.05, 0.1) is 29.5 Å². The number of aromatic nitrogens is 3. The third-order valence-corrected chi connectivity index (χ3v) is 12.0. The van der Waals surface area contributed by atoms with Gasteiger partial charge in [0, 0.05) is 38.0 Å². The van der Waals surface area contributed by atoms with Gasteiger partial charge in [0.1, 0.15) is 29.9 Å². The van der Waals surface area contributed by atoms with E-state index in [1.54, 1.807) is 38.6 Å². The van der Waals surface area contributed by atoms with Gasteiger partial charge in [-0.2, -0.15) is 0 Å². The number of fused-ring (bicyclic) bond motifs is 2. The standard InChI is InChI=1S/C40H49BrN6O7/c1-5-7-20-31(49)44(4)26(3)34(27-16-10-8-11-17-27)53-39(52)32-33-37(50)46(22-14-9-15-23-48)36(40(33)24-28(41)35(32)54-40)38(51)45(21-6-2)25-47-30-19-13-12-18-29(30)42-43-47/h5-6,8,10-13,16-19,26,28,32-36,48H,1-2,7,9,14-15,20-25H2,3-4H3/t26-,28?,32-,33+,34+,35-,36-,40+/m0/s1. The SMILES string of the molecule is C=CCCC(=O)N(C)[C@@H](C)[C@@H](OC(=O)[C@@H]1[C@H]2O[C@@]3(CC2Br)[C@H](C(=O)N(CC=C)Cn2nnc4ccccc42)N(CCCCCO)C(=O)[C@@H]13)c1ccccc1. The molecule has 2 bridgehead atoms. The number of aliphatic hydroxyl groups excluding tert-OH is 1. The van der Waals surface area contributed by atoms with Crippen molar-refractivity contribution in [2.75, 3.05) is 26.7 Å². The number of carbonyl (C=O) groups is 4. The van der Waals surface area contributed by atoms with Crippen LogP contribution in [0.5, 0.6) is 0 Å². The Morgan fingerprint density at radius 3 is 2.57 bits per heavy atom. The highest BCUT2D eigenvalue weighted by atomic mass is 79.9. The van der Waals surface area contributed by atoms with Crippen molar-refractivity contribution < 1.29 is 33.8 Å². The van der Waals surface area contributed by atoms with E-state index in [-0.39, 0.29) is 55.3 Å². The van der Waals surface area contributed by atoms with E-state index in [0.717, 1.165) is 5.52 Å². The fourth-order valence-corrected chi connectivity index (χ4v) is 9.29. The zero-order valence-electron chi connectivity index (χ0n) is 30.8. The maximum atomic E-state index is 14.9. The number of hydrogen-bond donors (Lipinski definition) is 1. The lowest BCUT2D eigenvalue weighted by molar-refractivity contribution is -0.164. The number of allylic oxidation sites excluding steroid dienone is 1. The molecule has 8 atom stereocenters. The Bertz CT molecular complexity index is 1860. The molecule has 13 nitrogen and oxygen atoms in total. The van der Waals surface area contributed by atoms with Crippen molar-refractivity contribution in [2.24, 2.45) is 11.8 Å². The molecule has 1 unspecified atom stereocenters. The molecule has 0 saturated carbocycles. The number of rotatable bonds is 18. The van der Waals surface area contributed by atoms with Gasteiger partial charge in [0.15, 0.2) is 0 Å². The van der Waals surface area contributed by atoms with Crippen molar-refractivity contribution in [3.63, 3.8) is 0 Å². The lowest BCUT2D eigenvalue weighted by Gasteiger charge is -2.37. The molecular formula is C40H49BrN6O7. The Morgan fingerprint density at radius 2 is 1.85 bits per heavy atom. The first-order valence-electron chi connectivity index (χ1n) is 18.6. The second kappa shape index (κ2) is 17.0. The van der Waals surface area contributed by atoms with Crippen molar-refractivity contribution in [1.29, 1.82) is 0 Å². The van der Waals surface area contributed by atoms with Crippen LogP contribution in [0.25, 0.3) is 11.0 Å². The van der Waals surface area contributed by atoms with Crippen molar-refractivity contribution in [1.82, 2.24) is 29.7 Å². The minimum Gasteiger partial charge on any atom is -0.455 e. The minimum atomic E-state index is -1.32. The first kappa shape index (κ1) is 39.3. The molecule has 3 amide bonds. The fraction of sp³-hybridized carbons (Fsp3) is 0.500. The van der Waals surface area contributed by atoms with Crippen LogP contribution in [0.4, 0.5) is 0 Å². The molecule has 1 aromatic heterocycles. The summed E-state index contributed by atoms with van der Waals surface area (Å²) < 4.78 is 14.8. The average molecular weight is 806 g/mol. The Balaban J connectivity index is 1.33. The molecule has 1 spiro atoms. The van der Waals surface area contributed by atoms with Gasteiger partial charge in [-0.25, -0.2) is 4.68 Å². The first-order valence-corrected chi connectivity index (χ1v) is 19.5. The number of halogens is 1. The summed E-state index contributed by atoms with van der Waals surface area (Å²) in [6.45, 7) is 9.93. The summed E-state index contributed by atoms with van der Waals surface area (Å²) in [4.78, 5) is 61.8. The molecule has 1 N–H and O–H groups in total. The van der Waals surface area contributed by atoms with Crippen LogP contribution in [-0.4, -0.2) is 114 Å². The maximum absolute atomic E-state index is 14.9. The Kier molecular flexibility index (Phi) is 12.3. The van der Waals surface area contributed by atoms with Crippen LogP contribution in [0, 0.1) is 11.8 Å². The summed E-state index contributed by atoms with van der Waals surface area (Å²) in [6.07, 6.45) is 4.59. The summed E-state index contributed by atoms with van der Waals surface area (Å²) in [5.41, 5.74) is 0.812. The van der Waals surface area contributed by atoms with E-state index in [2.05, 4.69) is 39.4 Å². The first-order chi connectivity index (χ1) is 26.1. The van der Waals surface area contributed by atoms with Gasteiger partial charge >= 0.3 is 5.97 Å². The Morgan fingerprint density at radius 1 is 1.11 bits per heavy atom. The lowest BCUT2D eigenvalue weighted by Crippen LogP contribution is -2.57. The molecule has 3 saturated heterocycles. The largest absolute Gasteiger partial charge is 0.455 e. The number of carbonyl (C=O) groups excluding carboxylic acids is 4. The monoisotopic (exact) mass is 804 g/mol. The molecule has 2 aromatic carbocycles. The quantitative estimate of drug-likeness (QED) is 0.0855. The van der Waals surface area contributed by atoms with Gasteiger partial charge in [-0.05, 0) is 56.7 Å². The molecular weight excluding hydrogens is 756 g/mol. The van der Waals surface area contributed by atoms with Gasteiger partial charge in [0.25, 0.3) is 0 Å². The van der Waals surface area contributed by atoms with Crippen LogP contribution in [-0.2, 0) is 35.3 Å². The smallest absolute Gasteiger partial charge is 0.313 e. The van der Waals surface area contributed by atoms with Crippen molar-refractivity contribution in [3.8, 4) is 0 Å². The van der Waals surface area contributed by atoms with Crippen LogP contribution in [0.3, 0.4) is 0 Å². The summed E-state index contributed by atoms with van der Waals surface area (Å²) in [7, 11) is 1.69. The predicted octanol–water partition coefficient (Wildman–Crippen LogP) is 4.41. The number of likely N-dealkylation sites (N-methyl/N-ethyl adjacent to an activating group) is 1. The summed E-state index contributed by atoms with van der Waals surface area (Å²) in [5.74, 6) is -3.42. The number of unbranched alkanes of at least 4 members (excludes halogenated alkanes) is 2. The van der Waals surface area contributed by atoms with Crippen LogP contribution in [0.1, 0.15) is 57.1 Å². The van der Waals surface area contributed by atoms with E-state index >= 15 is 0 Å². The zero-order chi connectivity index (χ0) is 38.6. The second-order valence-electron chi connectivity index (χ2n) is 14.4. The molecule has 0 radical (unpaired) electrons. The fourth-order valence-electron chi connectivity index (χ4n) is 8.34. The second-order valence-corrected chi connectivity index (χ2v) is 15.6. The molecule has 4 heterocycles. The van der Waals surface area contributed by atoms with Gasteiger partial charge in [-0.3, -0.25) is 19.2 Å². The number of hydrogen-bond acceptors (Lipinski definition) is 9. The summed E-state index contributed by atoms with van der Waals surface area (Å²) in [5, 5.41) is 18.0. The van der Waals surface area contributed by atoms with E-state index in [1.807, 2.05) is 61.5 Å². The number of nitrogens with zero attached hydrogens (tertiary/aromatic N) is 6. The van der Waals surface area contributed by atoms with E-state index < -0.39 is 47.7 Å². The molecule has 6 rings (SSSR count). The minimum absolute atomic E-state index is 0.0157. The lowest BCUT2D eigenvalue weighted by atomic mass is 9.70. The molecule has 3 fully saturated rings. The van der Waals surface area contributed by atoms with Crippen LogP contribution in [0.15, 0.2) is 79.9 Å². The summed E-state index contributed by atoms with van der Waals surface area (Å²) in [6, 6.07) is 15.1. The zero-order valence-corrected chi connectivity index (χ0v) is 32.4. The number of para-hydroxylation sites is 1. The summed E-state index contributed by atoms with van der Waals surface area (Å²) >= 11 is 3.76. The normalized spacial score (nSPS) is 25.3. The van der Waals surface area contributed by atoms with Crippen molar-refractivity contribution >= 4 is 50.7 Å². The van der Waals surface area contributed by atoms with Crippen LogP contribution >= 0.6 is 15.9 Å². The molecule has 3 aliphatic heterocycles. The molecule has 54 heavy (non-hydrogen) atoms. The molecule has 3 aliphatic rings. The van der Waals surface area contributed by atoms with Crippen molar-refractivity contribution in [3.05, 3.63) is 85.5 Å². The maximum Gasteiger partial charge on any atom is 0.313 e. The van der Waals surface area contributed by atoms with Gasteiger partial charge in [-0.15, -0.1) is 18.3 Å². The molecule has 0 aliphatic carbocycles. The van der Waals surface area contributed by atoms with Crippen LogP contribution in [0.2, 0.25) is 0 Å². The highest BCUT2D eigenvalue weighted by Crippen LogP contribution is 2.60. The topological polar surface area (TPSA) is 147 Å². The van der Waals surface area contributed by atoms with Gasteiger partial charge in [-0.1, -0.05) is 75.8 Å². The third-order valence-electron chi connectivity index (χ3n) is 11.1. The van der Waals surface area contributed by atoms with Crippen LogP contribution < -0.4 is 0 Å². The number of benzene rings is 2. The average Bonchev–Trinajstić information content (AvgIpc) is 3.90. The van der Waals surface area contributed by atoms with E-state index in [0.29, 0.717) is 43.2 Å². The number of alkyl halides is 1. The Labute approximate surface area is 324 Å². The highest BCUT2D eigenvalue weighted by molar-refractivity contribution is 9.09. The molecule has 14 heteroatoms.